The third kappa shape index (κ3) is 4.65. The summed E-state index contributed by atoms with van der Waals surface area (Å²) in [5.74, 6) is 1.56. The van der Waals surface area contributed by atoms with Crippen LogP contribution in [0.5, 0.6) is 0 Å². The molecule has 1 aromatic carbocycles. The third-order valence-electron chi connectivity index (χ3n) is 2.28. The minimum absolute atomic E-state index is 0.520. The van der Waals surface area contributed by atoms with E-state index in [1.54, 1.807) is 35.2 Å². The van der Waals surface area contributed by atoms with Crippen LogP contribution in [0.15, 0.2) is 32.9 Å². The molecule has 0 spiro atoms. The van der Waals surface area contributed by atoms with Crippen molar-refractivity contribution in [2.45, 2.75) is 21.7 Å². The molecule has 1 unspecified atom stereocenters. The van der Waals surface area contributed by atoms with Gasteiger partial charge in [0.15, 0.2) is 8.68 Å². The molecule has 1 atom stereocenters. The lowest BCUT2D eigenvalue weighted by molar-refractivity contribution is 0.204. The van der Waals surface area contributed by atoms with Gasteiger partial charge < -0.3 is 5.11 Å². The van der Waals surface area contributed by atoms with Gasteiger partial charge >= 0.3 is 0 Å². The first-order valence-corrected chi connectivity index (χ1v) is 8.88. The maximum absolute atomic E-state index is 10.1. The molecule has 3 nitrogen and oxygen atoms in total. The number of hydrogen-bond acceptors (Lipinski definition) is 6. The SMILES string of the molecule is CCSc1nnc(SCC(O)c2ccc(Cl)cc2)s1. The summed E-state index contributed by atoms with van der Waals surface area (Å²) in [6.07, 6.45) is -0.520. The second-order valence-corrected chi connectivity index (χ2v) is 7.84. The molecular weight excluding hydrogens is 320 g/mol. The van der Waals surface area contributed by atoms with E-state index in [0.29, 0.717) is 10.8 Å². The standard InChI is InChI=1S/C12H13ClN2OS3/c1-2-17-11-14-15-12(19-11)18-7-10(16)8-3-5-9(13)6-4-8/h3-6,10,16H,2,7H2,1H3. The van der Waals surface area contributed by atoms with E-state index < -0.39 is 6.10 Å². The predicted molar refractivity (Wildman–Crippen MR) is 83.4 cm³/mol. The lowest BCUT2D eigenvalue weighted by Crippen LogP contribution is -1.99. The van der Waals surface area contributed by atoms with Crippen molar-refractivity contribution in [1.29, 1.82) is 0 Å². The minimum Gasteiger partial charge on any atom is -0.388 e. The van der Waals surface area contributed by atoms with Gasteiger partial charge in [0, 0.05) is 10.8 Å². The van der Waals surface area contributed by atoms with E-state index in [1.807, 2.05) is 12.1 Å². The maximum Gasteiger partial charge on any atom is 0.175 e. The highest BCUT2D eigenvalue weighted by molar-refractivity contribution is 8.03. The fourth-order valence-corrected chi connectivity index (χ4v) is 4.41. The fraction of sp³-hybridized carbons (Fsp3) is 0.333. The zero-order chi connectivity index (χ0) is 13.7. The van der Waals surface area contributed by atoms with Gasteiger partial charge in [-0.25, -0.2) is 0 Å². The van der Waals surface area contributed by atoms with Gasteiger partial charge in [0.05, 0.1) is 6.10 Å². The smallest absolute Gasteiger partial charge is 0.175 e. The molecule has 0 aliphatic heterocycles. The molecule has 7 heteroatoms. The van der Waals surface area contributed by atoms with Crippen molar-refractivity contribution in [2.24, 2.45) is 0 Å². The molecule has 0 saturated heterocycles. The number of thioether (sulfide) groups is 2. The van der Waals surface area contributed by atoms with Gasteiger partial charge in [0.2, 0.25) is 0 Å². The Hall–Kier alpha value is -0.270. The summed E-state index contributed by atoms with van der Waals surface area (Å²) in [4.78, 5) is 0. The third-order valence-corrected chi connectivity index (χ3v) is 5.68. The Bertz CT molecular complexity index is 518. The molecule has 0 bridgehead atoms. The Morgan fingerprint density at radius 3 is 2.47 bits per heavy atom. The van der Waals surface area contributed by atoms with Crippen LogP contribution in [0, 0.1) is 0 Å². The van der Waals surface area contributed by atoms with Gasteiger partial charge in [-0.15, -0.1) is 10.2 Å². The van der Waals surface area contributed by atoms with Crippen LogP contribution in [0.3, 0.4) is 0 Å². The minimum atomic E-state index is -0.520. The van der Waals surface area contributed by atoms with Crippen LogP contribution < -0.4 is 0 Å². The Balaban J connectivity index is 1.88. The Morgan fingerprint density at radius 2 is 1.84 bits per heavy atom. The molecule has 0 fully saturated rings. The Kier molecular flexibility index (Phi) is 5.97. The van der Waals surface area contributed by atoms with E-state index >= 15 is 0 Å². The second kappa shape index (κ2) is 7.50. The molecule has 0 aliphatic carbocycles. The highest BCUT2D eigenvalue weighted by Crippen LogP contribution is 2.31. The predicted octanol–water partition coefficient (Wildman–Crippen LogP) is 4.13. The van der Waals surface area contributed by atoms with Crippen LogP contribution in [0.25, 0.3) is 0 Å². The van der Waals surface area contributed by atoms with Gasteiger partial charge in [-0.1, -0.05) is 65.5 Å². The first-order chi connectivity index (χ1) is 9.19. The van der Waals surface area contributed by atoms with Crippen LogP contribution in [-0.2, 0) is 0 Å². The average molecular weight is 333 g/mol. The highest BCUT2D eigenvalue weighted by Gasteiger charge is 2.11. The van der Waals surface area contributed by atoms with E-state index in [2.05, 4.69) is 17.1 Å². The average Bonchev–Trinajstić information content (AvgIpc) is 2.85. The summed E-state index contributed by atoms with van der Waals surface area (Å²) >= 11 is 10.6. The van der Waals surface area contributed by atoms with Crippen molar-refractivity contribution in [3.05, 3.63) is 34.9 Å². The first-order valence-electron chi connectivity index (χ1n) is 5.71. The zero-order valence-corrected chi connectivity index (χ0v) is 13.5. The first kappa shape index (κ1) is 15.1. The van der Waals surface area contributed by atoms with E-state index in [-0.39, 0.29) is 0 Å². The summed E-state index contributed by atoms with van der Waals surface area (Å²) in [5, 5.41) is 18.9. The summed E-state index contributed by atoms with van der Waals surface area (Å²) in [5.41, 5.74) is 0.865. The number of halogens is 1. The molecule has 1 aromatic heterocycles. The summed E-state index contributed by atoms with van der Waals surface area (Å²) in [6, 6.07) is 7.25. The van der Waals surface area contributed by atoms with Crippen molar-refractivity contribution < 1.29 is 5.11 Å². The van der Waals surface area contributed by atoms with E-state index in [0.717, 1.165) is 20.0 Å². The van der Waals surface area contributed by atoms with Gasteiger partial charge in [-0.3, -0.25) is 0 Å². The topological polar surface area (TPSA) is 46.0 Å². The van der Waals surface area contributed by atoms with Crippen LogP contribution in [-0.4, -0.2) is 26.8 Å². The van der Waals surface area contributed by atoms with E-state index in [1.165, 1.54) is 11.8 Å². The van der Waals surface area contributed by atoms with Crippen molar-refractivity contribution in [3.63, 3.8) is 0 Å². The molecule has 0 saturated carbocycles. The highest BCUT2D eigenvalue weighted by atomic mass is 35.5. The maximum atomic E-state index is 10.1. The van der Waals surface area contributed by atoms with Crippen LogP contribution in [0.4, 0.5) is 0 Å². The number of hydrogen-bond donors (Lipinski definition) is 1. The summed E-state index contributed by atoms with van der Waals surface area (Å²) < 4.78 is 1.87. The number of rotatable bonds is 6. The molecule has 0 aliphatic rings. The Labute approximate surface area is 129 Å². The number of benzene rings is 1. The van der Waals surface area contributed by atoms with Crippen molar-refractivity contribution in [1.82, 2.24) is 10.2 Å². The van der Waals surface area contributed by atoms with Crippen LogP contribution >= 0.6 is 46.5 Å². The number of aliphatic hydroxyl groups is 1. The molecule has 19 heavy (non-hydrogen) atoms. The lowest BCUT2D eigenvalue weighted by Gasteiger charge is -2.09. The van der Waals surface area contributed by atoms with Gasteiger partial charge in [0.1, 0.15) is 0 Å². The normalized spacial score (nSPS) is 12.6. The molecule has 1 N–H and O–H groups in total. The lowest BCUT2D eigenvalue weighted by atomic mass is 10.1. The van der Waals surface area contributed by atoms with Gasteiger partial charge in [-0.05, 0) is 23.4 Å². The van der Waals surface area contributed by atoms with Crippen molar-refractivity contribution in [2.75, 3.05) is 11.5 Å². The van der Waals surface area contributed by atoms with Gasteiger partial charge in [0.25, 0.3) is 0 Å². The Morgan fingerprint density at radius 1 is 1.21 bits per heavy atom. The molecule has 2 rings (SSSR count). The molecule has 0 radical (unpaired) electrons. The monoisotopic (exact) mass is 332 g/mol. The van der Waals surface area contributed by atoms with Crippen LogP contribution in [0.1, 0.15) is 18.6 Å². The van der Waals surface area contributed by atoms with Crippen molar-refractivity contribution >= 4 is 46.5 Å². The molecule has 102 valence electrons. The molecule has 0 amide bonds. The van der Waals surface area contributed by atoms with Crippen molar-refractivity contribution in [3.8, 4) is 0 Å². The molecular formula is C12H13ClN2OS3. The number of aliphatic hydroxyl groups excluding tert-OH is 1. The molecule has 1 heterocycles. The zero-order valence-electron chi connectivity index (χ0n) is 10.2. The number of nitrogens with zero attached hydrogens (tertiary/aromatic N) is 2. The quantitative estimate of drug-likeness (QED) is 0.806. The second-order valence-electron chi connectivity index (χ2n) is 3.65. The van der Waals surface area contributed by atoms with E-state index in [9.17, 15) is 5.11 Å². The van der Waals surface area contributed by atoms with E-state index in [4.69, 9.17) is 11.6 Å². The summed E-state index contributed by atoms with van der Waals surface area (Å²) in [7, 11) is 0. The molecule has 2 aromatic rings. The fourth-order valence-electron chi connectivity index (χ4n) is 1.37. The van der Waals surface area contributed by atoms with Gasteiger partial charge in [-0.2, -0.15) is 0 Å². The summed E-state index contributed by atoms with van der Waals surface area (Å²) in [6.45, 7) is 2.09. The largest absolute Gasteiger partial charge is 0.388 e. The van der Waals surface area contributed by atoms with Crippen LogP contribution in [0.2, 0.25) is 5.02 Å². The number of aromatic nitrogens is 2.